The van der Waals surface area contributed by atoms with E-state index in [0.29, 0.717) is 18.5 Å². The number of nitrogens with zero attached hydrogens (tertiary/aromatic N) is 1. The van der Waals surface area contributed by atoms with Gasteiger partial charge in [0.2, 0.25) is 6.41 Å². The first-order valence-electron chi connectivity index (χ1n) is 5.08. The van der Waals surface area contributed by atoms with Crippen LogP contribution < -0.4 is 5.43 Å². The van der Waals surface area contributed by atoms with E-state index in [0.717, 1.165) is 6.92 Å². The number of methoxy groups -OCH3 is 1. The molecule has 0 aromatic carbocycles. The fraction of sp³-hybridized carbons (Fsp3) is 0.273. The number of esters is 2. The highest BCUT2D eigenvalue weighted by molar-refractivity contribution is 5.89. The van der Waals surface area contributed by atoms with Gasteiger partial charge in [-0.15, -0.1) is 0 Å². The number of amides is 1. The van der Waals surface area contributed by atoms with Crippen molar-refractivity contribution in [1.82, 2.24) is 10.4 Å². The minimum atomic E-state index is -0.579. The zero-order chi connectivity index (χ0) is 14.7. The molecule has 0 atom stereocenters. The zero-order valence-corrected chi connectivity index (χ0v) is 10.5. The zero-order valence-electron chi connectivity index (χ0n) is 10.5. The summed E-state index contributed by atoms with van der Waals surface area (Å²) in [6, 6.07) is 0. The van der Waals surface area contributed by atoms with Crippen LogP contribution in [0.4, 0.5) is 0 Å². The molecule has 104 valence electrons. The van der Waals surface area contributed by atoms with Crippen molar-refractivity contribution in [2.75, 3.05) is 13.7 Å². The molecule has 0 saturated carbocycles. The van der Waals surface area contributed by atoms with Crippen molar-refractivity contribution in [2.45, 2.75) is 6.92 Å². The first-order chi connectivity index (χ1) is 9.04. The fourth-order valence-corrected chi connectivity index (χ4v) is 1.04. The standard InChI is InChI=1S/C8H10N2O3.C3H4O3/c1-13-8(12)7-3-2-4-10(5-7)9-6-11;1-3(5)6-2-4/h2-4,6H,5H2,1H3,(H,9,11);2H,1H3. The Labute approximate surface area is 109 Å². The third-order valence-corrected chi connectivity index (χ3v) is 1.78. The largest absolute Gasteiger partial charge is 0.466 e. The first-order valence-corrected chi connectivity index (χ1v) is 5.08. The van der Waals surface area contributed by atoms with Crippen molar-refractivity contribution in [1.29, 1.82) is 0 Å². The molecule has 8 nitrogen and oxygen atoms in total. The molecule has 1 heterocycles. The second-order valence-corrected chi connectivity index (χ2v) is 3.11. The molecule has 1 N–H and O–H groups in total. The second kappa shape index (κ2) is 9.40. The summed E-state index contributed by atoms with van der Waals surface area (Å²) >= 11 is 0. The number of ether oxygens (including phenoxy) is 2. The minimum absolute atomic E-state index is 0.0995. The van der Waals surface area contributed by atoms with Crippen molar-refractivity contribution in [3.8, 4) is 0 Å². The van der Waals surface area contributed by atoms with E-state index in [1.54, 1.807) is 18.4 Å². The lowest BCUT2D eigenvalue weighted by Gasteiger charge is -2.21. The second-order valence-electron chi connectivity index (χ2n) is 3.11. The Bertz CT molecular complexity index is 402. The molecule has 0 radical (unpaired) electrons. The summed E-state index contributed by atoms with van der Waals surface area (Å²) in [4.78, 5) is 39.9. The van der Waals surface area contributed by atoms with Crippen LogP contribution in [-0.2, 0) is 28.7 Å². The van der Waals surface area contributed by atoms with Crippen molar-refractivity contribution >= 4 is 24.8 Å². The summed E-state index contributed by atoms with van der Waals surface area (Å²) in [5.74, 6) is -0.966. The molecular weight excluding hydrogens is 256 g/mol. The minimum Gasteiger partial charge on any atom is -0.466 e. The van der Waals surface area contributed by atoms with Crippen LogP contribution in [0, 0.1) is 0 Å². The summed E-state index contributed by atoms with van der Waals surface area (Å²) in [6.07, 6.45) is 5.51. The lowest BCUT2D eigenvalue weighted by Crippen LogP contribution is -2.36. The molecule has 0 aromatic rings. The van der Waals surface area contributed by atoms with Gasteiger partial charge in [-0.25, -0.2) is 4.79 Å². The van der Waals surface area contributed by atoms with E-state index in [-0.39, 0.29) is 12.4 Å². The van der Waals surface area contributed by atoms with Gasteiger partial charge in [0.15, 0.2) is 0 Å². The van der Waals surface area contributed by atoms with Crippen LogP contribution in [0.3, 0.4) is 0 Å². The van der Waals surface area contributed by atoms with Crippen LogP contribution >= 0.6 is 0 Å². The van der Waals surface area contributed by atoms with E-state index in [4.69, 9.17) is 0 Å². The van der Waals surface area contributed by atoms with E-state index >= 15 is 0 Å². The summed E-state index contributed by atoms with van der Waals surface area (Å²) in [5, 5.41) is 1.49. The van der Waals surface area contributed by atoms with Gasteiger partial charge in [0.25, 0.3) is 0 Å². The average Bonchev–Trinajstić information content (AvgIpc) is 2.39. The number of carbonyl (C=O) groups excluding carboxylic acids is 4. The van der Waals surface area contributed by atoms with Gasteiger partial charge in [-0.1, -0.05) is 0 Å². The molecule has 0 bridgehead atoms. The molecule has 0 saturated heterocycles. The van der Waals surface area contributed by atoms with E-state index in [1.807, 2.05) is 0 Å². The summed E-state index contributed by atoms with van der Waals surface area (Å²) in [6.45, 7) is 1.58. The smallest absolute Gasteiger partial charge is 0.335 e. The molecule has 19 heavy (non-hydrogen) atoms. The number of hydrazine groups is 1. The van der Waals surface area contributed by atoms with Crippen molar-refractivity contribution in [2.24, 2.45) is 0 Å². The van der Waals surface area contributed by atoms with Crippen molar-refractivity contribution < 1.29 is 28.7 Å². The van der Waals surface area contributed by atoms with Gasteiger partial charge in [0.05, 0.1) is 19.2 Å². The molecule has 8 heteroatoms. The van der Waals surface area contributed by atoms with Gasteiger partial charge in [-0.2, -0.15) is 0 Å². The maximum absolute atomic E-state index is 11.0. The maximum atomic E-state index is 11.0. The molecule has 0 fully saturated rings. The highest BCUT2D eigenvalue weighted by Crippen LogP contribution is 2.06. The Morgan fingerprint density at radius 3 is 2.53 bits per heavy atom. The lowest BCUT2D eigenvalue weighted by molar-refractivity contribution is -0.149. The Morgan fingerprint density at radius 2 is 2.11 bits per heavy atom. The SMILES string of the molecule is CC(=O)OC=O.COC(=O)C1=CC=CN(NC=O)C1. The van der Waals surface area contributed by atoms with Crippen LogP contribution in [0.5, 0.6) is 0 Å². The molecular formula is C11H14N2O6. The maximum Gasteiger partial charge on any atom is 0.335 e. The van der Waals surface area contributed by atoms with Crippen LogP contribution in [0.2, 0.25) is 0 Å². The summed E-state index contributed by atoms with van der Waals surface area (Å²) in [5.41, 5.74) is 2.91. The molecule has 1 aliphatic rings. The molecule has 0 aromatic heterocycles. The first kappa shape index (κ1) is 16.4. The predicted octanol–water partition coefficient (Wildman–Crippen LogP) is -0.718. The average molecular weight is 270 g/mol. The third-order valence-electron chi connectivity index (χ3n) is 1.78. The van der Waals surface area contributed by atoms with Crippen molar-refractivity contribution in [3.05, 3.63) is 23.9 Å². The Balaban J connectivity index is 0.000000459. The molecule has 1 aliphatic heterocycles. The van der Waals surface area contributed by atoms with E-state index in [1.165, 1.54) is 12.1 Å². The van der Waals surface area contributed by atoms with E-state index in [2.05, 4.69) is 14.9 Å². The molecule has 0 spiro atoms. The topological polar surface area (TPSA) is 102 Å². The van der Waals surface area contributed by atoms with Crippen LogP contribution in [0.15, 0.2) is 23.9 Å². The lowest BCUT2D eigenvalue weighted by atomic mass is 10.2. The highest BCUT2D eigenvalue weighted by atomic mass is 16.6. The Morgan fingerprint density at radius 1 is 1.42 bits per heavy atom. The van der Waals surface area contributed by atoms with Gasteiger partial charge in [0, 0.05) is 13.1 Å². The molecule has 1 amide bonds. The third kappa shape index (κ3) is 7.31. The van der Waals surface area contributed by atoms with E-state index < -0.39 is 5.97 Å². The number of hydrogen-bond acceptors (Lipinski definition) is 7. The van der Waals surface area contributed by atoms with Gasteiger partial charge < -0.3 is 9.47 Å². The number of rotatable bonds is 4. The van der Waals surface area contributed by atoms with Crippen LogP contribution in [-0.4, -0.2) is 43.5 Å². The van der Waals surface area contributed by atoms with Crippen LogP contribution in [0.25, 0.3) is 0 Å². The number of nitrogens with one attached hydrogen (secondary N) is 1. The molecule has 1 rings (SSSR count). The van der Waals surface area contributed by atoms with Crippen LogP contribution in [0.1, 0.15) is 6.92 Å². The Hall–Kier alpha value is -2.64. The quantitative estimate of drug-likeness (QED) is 0.408. The fourth-order valence-electron chi connectivity index (χ4n) is 1.04. The number of carbonyl (C=O) groups is 4. The number of hydrogen-bond donors (Lipinski definition) is 1. The van der Waals surface area contributed by atoms with Gasteiger partial charge in [-0.05, 0) is 12.2 Å². The van der Waals surface area contributed by atoms with Gasteiger partial charge in [0.1, 0.15) is 0 Å². The normalized spacial score (nSPS) is 12.3. The predicted molar refractivity (Wildman–Crippen MR) is 63.0 cm³/mol. The van der Waals surface area contributed by atoms with Crippen molar-refractivity contribution in [3.63, 3.8) is 0 Å². The summed E-state index contributed by atoms with van der Waals surface area (Å²) < 4.78 is 8.25. The monoisotopic (exact) mass is 270 g/mol. The summed E-state index contributed by atoms with van der Waals surface area (Å²) in [7, 11) is 1.32. The van der Waals surface area contributed by atoms with Gasteiger partial charge in [-0.3, -0.25) is 24.8 Å². The number of allylic oxidation sites excluding steroid dienone is 2. The highest BCUT2D eigenvalue weighted by Gasteiger charge is 2.13. The van der Waals surface area contributed by atoms with E-state index in [9.17, 15) is 19.2 Å². The molecule has 0 aliphatic carbocycles. The Kier molecular flexibility index (Phi) is 8.09. The molecule has 0 unspecified atom stereocenters. The van der Waals surface area contributed by atoms with Gasteiger partial charge >= 0.3 is 18.4 Å².